The second-order valence-corrected chi connectivity index (χ2v) is 6.94. The molecule has 1 aromatic rings. The summed E-state index contributed by atoms with van der Waals surface area (Å²) in [6.07, 6.45) is 6.03. The lowest BCUT2D eigenvalue weighted by molar-refractivity contribution is 0.334. The Morgan fingerprint density at radius 2 is 2.12 bits per heavy atom. The summed E-state index contributed by atoms with van der Waals surface area (Å²) in [5, 5.41) is 7.94. The van der Waals surface area contributed by atoms with Crippen LogP contribution in [0.5, 0.6) is 0 Å². The molecule has 0 saturated carbocycles. The molecule has 0 fully saturated rings. The molecule has 3 nitrogen and oxygen atoms in total. The van der Waals surface area contributed by atoms with E-state index in [1.807, 2.05) is 34.9 Å². The van der Waals surface area contributed by atoms with Gasteiger partial charge in [0.15, 0.2) is 0 Å². The molecule has 0 aliphatic carbocycles. The van der Waals surface area contributed by atoms with Crippen LogP contribution in [0.4, 0.5) is 0 Å². The fourth-order valence-corrected chi connectivity index (χ4v) is 1.80. The fourth-order valence-electron chi connectivity index (χ4n) is 1.57. The molecule has 1 aromatic heterocycles. The summed E-state index contributed by atoms with van der Waals surface area (Å²) in [6, 6.07) is 2.45. The predicted molar refractivity (Wildman–Crippen MR) is 76.4 cm³/mol. The molecule has 0 radical (unpaired) electrons. The van der Waals surface area contributed by atoms with Crippen molar-refractivity contribution in [1.82, 2.24) is 15.1 Å². The normalized spacial score (nSPS) is 14.2. The van der Waals surface area contributed by atoms with Crippen LogP contribution in [0.1, 0.15) is 27.7 Å². The van der Waals surface area contributed by atoms with Crippen molar-refractivity contribution in [3.05, 3.63) is 18.5 Å². The van der Waals surface area contributed by atoms with Gasteiger partial charge in [-0.15, -0.1) is 0 Å². The fraction of sp³-hybridized carbons (Fsp3) is 0.769. The average molecular weight is 255 g/mol. The molecule has 1 heterocycles. The van der Waals surface area contributed by atoms with E-state index in [4.69, 9.17) is 0 Å². The highest BCUT2D eigenvalue weighted by Crippen LogP contribution is 2.20. The van der Waals surface area contributed by atoms with Gasteiger partial charge in [0.2, 0.25) is 0 Å². The predicted octanol–water partition coefficient (Wildman–Crippen LogP) is 2.64. The zero-order valence-electron chi connectivity index (χ0n) is 11.6. The van der Waals surface area contributed by atoms with E-state index in [9.17, 15) is 0 Å². The van der Waals surface area contributed by atoms with Crippen LogP contribution in [0.15, 0.2) is 18.5 Å². The molecule has 17 heavy (non-hydrogen) atoms. The van der Waals surface area contributed by atoms with Crippen LogP contribution in [-0.2, 0) is 6.54 Å². The molecule has 0 aromatic carbocycles. The molecule has 4 heteroatoms. The van der Waals surface area contributed by atoms with E-state index in [2.05, 4.69) is 44.4 Å². The van der Waals surface area contributed by atoms with E-state index in [1.165, 1.54) is 0 Å². The minimum Gasteiger partial charge on any atom is -0.311 e. The second-order valence-electron chi connectivity index (χ2n) is 5.42. The number of thioether (sulfide) groups is 1. The molecule has 1 rings (SSSR count). The number of nitrogens with one attached hydrogen (secondary N) is 1. The van der Waals surface area contributed by atoms with Crippen LogP contribution in [0.3, 0.4) is 0 Å². The number of aromatic nitrogens is 2. The van der Waals surface area contributed by atoms with Gasteiger partial charge in [-0.1, -0.05) is 13.8 Å². The summed E-state index contributed by atoms with van der Waals surface area (Å²) < 4.78 is 2.29. The number of nitrogens with zero attached hydrogens (tertiary/aromatic N) is 2. The Hall–Kier alpha value is -0.480. The van der Waals surface area contributed by atoms with Gasteiger partial charge in [0.25, 0.3) is 0 Å². The standard InChI is InChI=1S/C13H25N3S/c1-11(2)12(9-16-8-6-7-15-16)14-10-13(3,4)17-5/h6-8,11-12,14H,9-10H2,1-5H3. The first-order valence-corrected chi connectivity index (χ1v) is 7.43. The van der Waals surface area contributed by atoms with Gasteiger partial charge in [-0.3, -0.25) is 4.68 Å². The maximum atomic E-state index is 4.27. The minimum absolute atomic E-state index is 0.289. The van der Waals surface area contributed by atoms with E-state index >= 15 is 0 Å². The molecule has 0 saturated heterocycles. The van der Waals surface area contributed by atoms with Gasteiger partial charge in [0.1, 0.15) is 0 Å². The lowest BCUT2D eigenvalue weighted by atomic mass is 10.0. The van der Waals surface area contributed by atoms with Crippen LogP contribution in [-0.4, -0.2) is 33.4 Å². The van der Waals surface area contributed by atoms with E-state index < -0.39 is 0 Å². The third kappa shape index (κ3) is 5.13. The summed E-state index contributed by atoms with van der Waals surface area (Å²) in [4.78, 5) is 0. The zero-order valence-corrected chi connectivity index (χ0v) is 12.4. The maximum Gasteiger partial charge on any atom is 0.0565 e. The van der Waals surface area contributed by atoms with Gasteiger partial charge in [0.05, 0.1) is 6.54 Å². The average Bonchev–Trinajstić information content (AvgIpc) is 2.76. The molecule has 1 N–H and O–H groups in total. The third-order valence-corrected chi connectivity index (χ3v) is 4.34. The Bertz CT molecular complexity index is 306. The molecule has 98 valence electrons. The maximum absolute atomic E-state index is 4.27. The number of hydrogen-bond acceptors (Lipinski definition) is 3. The van der Waals surface area contributed by atoms with Crippen LogP contribution in [0, 0.1) is 5.92 Å². The first-order valence-electron chi connectivity index (χ1n) is 6.20. The molecular weight excluding hydrogens is 230 g/mol. The van der Waals surface area contributed by atoms with Gasteiger partial charge in [-0.25, -0.2) is 0 Å². The van der Waals surface area contributed by atoms with Crippen molar-refractivity contribution in [2.75, 3.05) is 12.8 Å². The van der Waals surface area contributed by atoms with Crippen LogP contribution < -0.4 is 5.32 Å². The van der Waals surface area contributed by atoms with E-state index in [-0.39, 0.29) is 4.75 Å². The first kappa shape index (κ1) is 14.6. The number of hydrogen-bond donors (Lipinski definition) is 1. The summed E-state index contributed by atoms with van der Waals surface area (Å²) in [5.41, 5.74) is 0. The zero-order chi connectivity index (χ0) is 12.9. The van der Waals surface area contributed by atoms with Gasteiger partial charge < -0.3 is 5.32 Å². The molecule has 0 spiro atoms. The molecular formula is C13H25N3S. The van der Waals surface area contributed by atoms with Crippen LogP contribution in [0.2, 0.25) is 0 Å². The van der Waals surface area contributed by atoms with Crippen LogP contribution in [0.25, 0.3) is 0 Å². The first-order chi connectivity index (χ1) is 7.94. The van der Waals surface area contributed by atoms with Crippen molar-refractivity contribution in [1.29, 1.82) is 0 Å². The molecule has 1 unspecified atom stereocenters. The van der Waals surface area contributed by atoms with Gasteiger partial charge >= 0.3 is 0 Å². The monoisotopic (exact) mass is 255 g/mol. The van der Waals surface area contributed by atoms with Crippen LogP contribution >= 0.6 is 11.8 Å². The quantitative estimate of drug-likeness (QED) is 0.812. The second kappa shape index (κ2) is 6.45. The van der Waals surface area contributed by atoms with Gasteiger partial charge in [-0.05, 0) is 32.1 Å². The lowest BCUT2D eigenvalue weighted by Gasteiger charge is -2.28. The Morgan fingerprint density at radius 1 is 1.41 bits per heavy atom. The third-order valence-electron chi connectivity index (χ3n) is 3.09. The minimum atomic E-state index is 0.289. The van der Waals surface area contributed by atoms with E-state index in [0.29, 0.717) is 12.0 Å². The Morgan fingerprint density at radius 3 is 2.59 bits per heavy atom. The molecule has 0 aliphatic rings. The van der Waals surface area contributed by atoms with Crippen molar-refractivity contribution in [2.24, 2.45) is 5.92 Å². The Balaban J connectivity index is 2.50. The van der Waals surface area contributed by atoms with Crippen molar-refractivity contribution in [3.63, 3.8) is 0 Å². The Labute approximate surface area is 109 Å². The highest BCUT2D eigenvalue weighted by molar-refractivity contribution is 7.99. The van der Waals surface area contributed by atoms with Gasteiger partial charge in [-0.2, -0.15) is 16.9 Å². The smallest absolute Gasteiger partial charge is 0.0565 e. The van der Waals surface area contributed by atoms with Crippen molar-refractivity contribution >= 4 is 11.8 Å². The summed E-state index contributed by atoms with van der Waals surface area (Å²) >= 11 is 1.90. The summed E-state index contributed by atoms with van der Waals surface area (Å²) in [7, 11) is 0. The summed E-state index contributed by atoms with van der Waals surface area (Å²) in [6.45, 7) is 11.0. The molecule has 0 amide bonds. The van der Waals surface area contributed by atoms with E-state index in [1.54, 1.807) is 0 Å². The summed E-state index contributed by atoms with van der Waals surface area (Å²) in [5.74, 6) is 0.608. The van der Waals surface area contributed by atoms with E-state index in [0.717, 1.165) is 13.1 Å². The SMILES string of the molecule is CSC(C)(C)CNC(Cn1cccn1)C(C)C. The lowest BCUT2D eigenvalue weighted by Crippen LogP contribution is -2.43. The van der Waals surface area contributed by atoms with Gasteiger partial charge in [0, 0.05) is 29.7 Å². The number of rotatable bonds is 7. The van der Waals surface area contributed by atoms with Crippen molar-refractivity contribution in [2.45, 2.75) is 45.0 Å². The van der Waals surface area contributed by atoms with Crippen molar-refractivity contribution in [3.8, 4) is 0 Å². The molecule has 1 atom stereocenters. The Kier molecular flexibility index (Phi) is 5.53. The molecule has 0 aliphatic heterocycles. The largest absolute Gasteiger partial charge is 0.311 e. The van der Waals surface area contributed by atoms with Crippen molar-refractivity contribution < 1.29 is 0 Å². The highest BCUT2D eigenvalue weighted by Gasteiger charge is 2.20. The highest BCUT2D eigenvalue weighted by atomic mass is 32.2. The molecule has 0 bridgehead atoms. The topological polar surface area (TPSA) is 29.9 Å².